The van der Waals surface area contributed by atoms with E-state index in [4.69, 9.17) is 9.78 Å². The molecule has 0 N–H and O–H groups in total. The van der Waals surface area contributed by atoms with Crippen LogP contribution in [0.15, 0.2) is 4.52 Å². The van der Waals surface area contributed by atoms with E-state index in [1.807, 2.05) is 11.8 Å². The van der Waals surface area contributed by atoms with Gasteiger partial charge in [0, 0.05) is 18.1 Å². The predicted molar refractivity (Wildman–Crippen MR) is 66.4 cm³/mol. The Morgan fingerprint density at radius 2 is 2.18 bits per heavy atom. The Morgan fingerprint density at radius 3 is 2.94 bits per heavy atom. The molecule has 1 saturated carbocycles. The van der Waals surface area contributed by atoms with Crippen LogP contribution in [0.1, 0.15) is 50.2 Å². The van der Waals surface area contributed by atoms with Gasteiger partial charge in [0.25, 0.3) is 0 Å². The fraction of sp³-hybridized carbons (Fsp3) is 0.750. The lowest BCUT2D eigenvalue weighted by Gasteiger charge is -2.19. The first-order chi connectivity index (χ1) is 8.38. The summed E-state index contributed by atoms with van der Waals surface area (Å²) in [4.78, 5) is 4.28. The second-order valence-electron chi connectivity index (χ2n) is 4.33. The highest BCUT2D eigenvalue weighted by molar-refractivity contribution is 7.99. The average molecular weight is 251 g/mol. The molecule has 0 amide bonds. The standard InChI is InChI=1S/C12H17N3OS/c13-8-4-7-12-14-11(15-16-12)9-17-10-5-2-1-3-6-10/h10H,1-7,9H2. The zero-order chi connectivity index (χ0) is 11.9. The van der Waals surface area contributed by atoms with Crippen LogP contribution in [-0.2, 0) is 12.2 Å². The Kier molecular flexibility index (Phi) is 4.87. The fourth-order valence-corrected chi connectivity index (χ4v) is 3.21. The molecular formula is C12H17N3OS. The van der Waals surface area contributed by atoms with Gasteiger partial charge in [0.2, 0.25) is 5.89 Å². The summed E-state index contributed by atoms with van der Waals surface area (Å²) in [5.41, 5.74) is 0. The van der Waals surface area contributed by atoms with Gasteiger partial charge >= 0.3 is 0 Å². The number of aryl methyl sites for hydroxylation is 1. The summed E-state index contributed by atoms with van der Waals surface area (Å²) in [7, 11) is 0. The minimum Gasteiger partial charge on any atom is -0.339 e. The van der Waals surface area contributed by atoms with Gasteiger partial charge in [0.1, 0.15) is 0 Å². The molecule has 0 spiro atoms. The van der Waals surface area contributed by atoms with Gasteiger partial charge in [-0.3, -0.25) is 0 Å². The number of rotatable bonds is 5. The third-order valence-electron chi connectivity index (χ3n) is 2.96. The van der Waals surface area contributed by atoms with Crippen molar-refractivity contribution in [2.45, 2.75) is 55.9 Å². The van der Waals surface area contributed by atoms with Crippen molar-refractivity contribution in [2.24, 2.45) is 0 Å². The zero-order valence-corrected chi connectivity index (χ0v) is 10.7. The highest BCUT2D eigenvalue weighted by atomic mass is 32.2. The molecule has 1 fully saturated rings. The smallest absolute Gasteiger partial charge is 0.227 e. The fourth-order valence-electron chi connectivity index (χ4n) is 2.04. The lowest BCUT2D eigenvalue weighted by atomic mass is 10.0. The van der Waals surface area contributed by atoms with Crippen LogP contribution in [0, 0.1) is 11.3 Å². The van der Waals surface area contributed by atoms with Crippen molar-refractivity contribution in [3.8, 4) is 6.07 Å². The van der Waals surface area contributed by atoms with Gasteiger partial charge in [-0.25, -0.2) is 0 Å². The lowest BCUT2D eigenvalue weighted by molar-refractivity contribution is 0.375. The number of aromatic nitrogens is 2. The molecule has 5 heteroatoms. The third kappa shape index (κ3) is 4.04. The number of nitrogens with zero attached hydrogens (tertiary/aromatic N) is 3. The molecule has 1 aromatic heterocycles. The zero-order valence-electron chi connectivity index (χ0n) is 9.89. The lowest BCUT2D eigenvalue weighted by Crippen LogP contribution is -2.08. The van der Waals surface area contributed by atoms with Crippen molar-refractivity contribution < 1.29 is 4.52 Å². The van der Waals surface area contributed by atoms with Crippen LogP contribution >= 0.6 is 11.8 Å². The number of nitriles is 1. The summed E-state index contributed by atoms with van der Waals surface area (Å²) in [5.74, 6) is 2.19. The third-order valence-corrected chi connectivity index (χ3v) is 4.33. The summed E-state index contributed by atoms with van der Waals surface area (Å²) in [6.07, 6.45) is 7.76. The average Bonchev–Trinajstić information content (AvgIpc) is 2.83. The largest absolute Gasteiger partial charge is 0.339 e. The van der Waals surface area contributed by atoms with Gasteiger partial charge in [-0.05, 0) is 12.8 Å². The first-order valence-electron chi connectivity index (χ1n) is 6.18. The van der Waals surface area contributed by atoms with Crippen molar-refractivity contribution in [1.29, 1.82) is 5.26 Å². The molecule has 92 valence electrons. The van der Waals surface area contributed by atoms with Gasteiger partial charge in [-0.2, -0.15) is 22.0 Å². The van der Waals surface area contributed by atoms with E-state index in [1.165, 1.54) is 32.1 Å². The predicted octanol–water partition coefficient (Wildman–Crippen LogP) is 3.09. The van der Waals surface area contributed by atoms with Crippen molar-refractivity contribution in [3.05, 3.63) is 11.7 Å². The second kappa shape index (κ2) is 6.65. The normalized spacial score (nSPS) is 16.9. The first kappa shape index (κ1) is 12.4. The Morgan fingerprint density at radius 1 is 1.35 bits per heavy atom. The maximum Gasteiger partial charge on any atom is 0.227 e. The van der Waals surface area contributed by atoms with Crippen LogP contribution in [0.5, 0.6) is 0 Å². The molecule has 4 nitrogen and oxygen atoms in total. The molecule has 17 heavy (non-hydrogen) atoms. The highest BCUT2D eigenvalue weighted by Gasteiger charge is 2.15. The Labute approximate surface area is 106 Å². The molecule has 1 heterocycles. The SMILES string of the molecule is N#CCCc1nc(CSC2CCCCC2)no1. The Balaban J connectivity index is 1.74. The Bertz CT molecular complexity index is 379. The molecule has 0 atom stereocenters. The molecular weight excluding hydrogens is 234 g/mol. The van der Waals surface area contributed by atoms with E-state index in [-0.39, 0.29) is 0 Å². The van der Waals surface area contributed by atoms with E-state index in [9.17, 15) is 0 Å². The van der Waals surface area contributed by atoms with E-state index in [0.29, 0.717) is 18.7 Å². The van der Waals surface area contributed by atoms with Crippen molar-refractivity contribution >= 4 is 11.8 Å². The van der Waals surface area contributed by atoms with Gasteiger partial charge < -0.3 is 4.52 Å². The molecule has 0 saturated heterocycles. The second-order valence-corrected chi connectivity index (χ2v) is 5.62. The molecule has 0 unspecified atom stereocenters. The summed E-state index contributed by atoms with van der Waals surface area (Å²) in [6.45, 7) is 0. The quantitative estimate of drug-likeness (QED) is 0.804. The highest BCUT2D eigenvalue weighted by Crippen LogP contribution is 2.29. The van der Waals surface area contributed by atoms with E-state index in [1.54, 1.807) is 0 Å². The van der Waals surface area contributed by atoms with Gasteiger partial charge in [-0.1, -0.05) is 24.4 Å². The van der Waals surface area contributed by atoms with Crippen LogP contribution in [0.25, 0.3) is 0 Å². The van der Waals surface area contributed by atoms with E-state index in [2.05, 4.69) is 16.2 Å². The maximum atomic E-state index is 8.46. The molecule has 0 aromatic carbocycles. The minimum absolute atomic E-state index is 0.442. The van der Waals surface area contributed by atoms with E-state index in [0.717, 1.165) is 16.8 Å². The first-order valence-corrected chi connectivity index (χ1v) is 7.23. The molecule has 1 aromatic rings. The summed E-state index contributed by atoms with van der Waals surface area (Å²) < 4.78 is 5.08. The van der Waals surface area contributed by atoms with Crippen LogP contribution in [-0.4, -0.2) is 15.4 Å². The van der Waals surface area contributed by atoms with Crippen molar-refractivity contribution in [2.75, 3.05) is 0 Å². The van der Waals surface area contributed by atoms with Gasteiger partial charge in [0.05, 0.1) is 11.8 Å². The van der Waals surface area contributed by atoms with E-state index >= 15 is 0 Å². The summed E-state index contributed by atoms with van der Waals surface area (Å²) in [6, 6.07) is 2.08. The molecule has 1 aliphatic rings. The monoisotopic (exact) mass is 251 g/mol. The molecule has 1 aliphatic carbocycles. The summed E-state index contributed by atoms with van der Waals surface area (Å²) in [5, 5.41) is 13.2. The molecule has 0 aliphatic heterocycles. The molecule has 0 radical (unpaired) electrons. The Hall–Kier alpha value is -1.02. The number of hydrogen-bond acceptors (Lipinski definition) is 5. The van der Waals surface area contributed by atoms with Crippen LogP contribution in [0.4, 0.5) is 0 Å². The maximum absolute atomic E-state index is 8.46. The van der Waals surface area contributed by atoms with Crippen LogP contribution in [0.3, 0.4) is 0 Å². The van der Waals surface area contributed by atoms with Gasteiger partial charge in [0.15, 0.2) is 5.82 Å². The number of thioether (sulfide) groups is 1. The topological polar surface area (TPSA) is 62.7 Å². The van der Waals surface area contributed by atoms with Crippen LogP contribution in [0.2, 0.25) is 0 Å². The van der Waals surface area contributed by atoms with Crippen LogP contribution < -0.4 is 0 Å². The molecule has 2 rings (SSSR count). The van der Waals surface area contributed by atoms with Gasteiger partial charge in [-0.15, -0.1) is 0 Å². The van der Waals surface area contributed by atoms with Crippen molar-refractivity contribution in [1.82, 2.24) is 10.1 Å². The summed E-state index contributed by atoms with van der Waals surface area (Å²) >= 11 is 1.94. The number of hydrogen-bond donors (Lipinski definition) is 0. The van der Waals surface area contributed by atoms with E-state index < -0.39 is 0 Å². The molecule has 0 bridgehead atoms. The minimum atomic E-state index is 0.442. The van der Waals surface area contributed by atoms with Crippen molar-refractivity contribution in [3.63, 3.8) is 0 Å².